The molecule has 1 saturated heterocycles. The second-order valence-corrected chi connectivity index (χ2v) is 6.61. The van der Waals surface area contributed by atoms with E-state index in [1.165, 1.54) is 0 Å². The molecule has 1 amide bonds. The maximum Gasteiger partial charge on any atom is 0.250 e. The Morgan fingerprint density at radius 3 is 2.29 bits per heavy atom. The molecule has 0 spiro atoms. The van der Waals surface area contributed by atoms with Crippen LogP contribution in [0.2, 0.25) is 0 Å². The van der Waals surface area contributed by atoms with Crippen LogP contribution in [0.5, 0.6) is 11.5 Å². The number of primary amides is 1. The van der Waals surface area contributed by atoms with Crippen molar-refractivity contribution >= 4 is 11.7 Å². The fourth-order valence-electron chi connectivity index (χ4n) is 3.24. The van der Waals surface area contributed by atoms with E-state index in [-0.39, 0.29) is 0 Å². The number of ether oxygens (including phenoxy) is 1. The molecule has 0 atom stereocenters. The van der Waals surface area contributed by atoms with E-state index in [9.17, 15) is 4.79 Å². The first-order valence-corrected chi connectivity index (χ1v) is 9.30. The van der Waals surface area contributed by atoms with Crippen LogP contribution in [-0.2, 0) is 0 Å². The number of nitrogens with zero attached hydrogens (tertiary/aromatic N) is 2. The molecule has 6 heteroatoms. The summed E-state index contributed by atoms with van der Waals surface area (Å²) in [5.41, 5.74) is 7.42. The molecular formula is C22H22N4O2. The van der Waals surface area contributed by atoms with Gasteiger partial charge in [-0.2, -0.15) is 0 Å². The van der Waals surface area contributed by atoms with Crippen LogP contribution in [0.15, 0.2) is 66.7 Å². The second-order valence-electron chi connectivity index (χ2n) is 6.61. The zero-order valence-electron chi connectivity index (χ0n) is 15.5. The number of anilines is 1. The molecule has 0 radical (unpaired) electrons. The van der Waals surface area contributed by atoms with Crippen molar-refractivity contribution in [3.8, 4) is 22.8 Å². The van der Waals surface area contributed by atoms with E-state index >= 15 is 0 Å². The molecule has 1 fully saturated rings. The van der Waals surface area contributed by atoms with E-state index < -0.39 is 5.91 Å². The molecule has 2 aromatic carbocycles. The summed E-state index contributed by atoms with van der Waals surface area (Å²) >= 11 is 0. The lowest BCUT2D eigenvalue weighted by Crippen LogP contribution is -2.44. The summed E-state index contributed by atoms with van der Waals surface area (Å²) in [6.45, 7) is 3.60. The highest BCUT2D eigenvalue weighted by Gasteiger charge is 2.17. The number of para-hydroxylation sites is 1. The summed E-state index contributed by atoms with van der Waals surface area (Å²) in [5, 5.41) is 3.33. The fraction of sp³-hybridized carbons (Fsp3) is 0.182. The van der Waals surface area contributed by atoms with Crippen molar-refractivity contribution in [2.45, 2.75) is 0 Å². The molecule has 1 aliphatic rings. The van der Waals surface area contributed by atoms with E-state index in [1.54, 1.807) is 6.07 Å². The highest BCUT2D eigenvalue weighted by atomic mass is 16.5. The third kappa shape index (κ3) is 3.97. The number of rotatable bonds is 5. The van der Waals surface area contributed by atoms with Gasteiger partial charge in [0.15, 0.2) is 0 Å². The maximum atomic E-state index is 11.9. The zero-order chi connectivity index (χ0) is 19.3. The number of nitrogens with one attached hydrogen (secondary N) is 1. The quantitative estimate of drug-likeness (QED) is 0.717. The number of nitrogens with two attached hydrogens (primary N) is 1. The van der Waals surface area contributed by atoms with Crippen LogP contribution in [0.25, 0.3) is 11.3 Å². The van der Waals surface area contributed by atoms with Crippen LogP contribution in [0, 0.1) is 0 Å². The summed E-state index contributed by atoms with van der Waals surface area (Å²) in [5.74, 6) is 1.85. The molecule has 1 aliphatic heterocycles. The Labute approximate surface area is 164 Å². The summed E-state index contributed by atoms with van der Waals surface area (Å²) < 4.78 is 5.84. The number of carbonyl (C=O) groups is 1. The number of amides is 1. The Morgan fingerprint density at radius 1 is 0.929 bits per heavy atom. The van der Waals surface area contributed by atoms with Gasteiger partial charge in [0.2, 0.25) is 0 Å². The number of aromatic nitrogens is 1. The molecule has 142 valence electrons. The first-order valence-electron chi connectivity index (χ1n) is 9.30. The minimum Gasteiger partial charge on any atom is -0.457 e. The van der Waals surface area contributed by atoms with Gasteiger partial charge in [-0.1, -0.05) is 18.2 Å². The Kier molecular flexibility index (Phi) is 5.21. The van der Waals surface area contributed by atoms with Crippen LogP contribution in [0.1, 0.15) is 10.4 Å². The zero-order valence-corrected chi connectivity index (χ0v) is 15.5. The first kappa shape index (κ1) is 18.0. The van der Waals surface area contributed by atoms with Crippen molar-refractivity contribution in [3.05, 3.63) is 72.3 Å². The van der Waals surface area contributed by atoms with Gasteiger partial charge in [0.1, 0.15) is 17.3 Å². The molecule has 0 saturated carbocycles. The van der Waals surface area contributed by atoms with Crippen molar-refractivity contribution < 1.29 is 9.53 Å². The summed E-state index contributed by atoms with van der Waals surface area (Å²) in [4.78, 5) is 18.9. The Balaban J connectivity index is 1.63. The first-order chi connectivity index (χ1) is 13.7. The van der Waals surface area contributed by atoms with Crippen LogP contribution >= 0.6 is 0 Å². The number of benzene rings is 2. The number of piperazine rings is 1. The van der Waals surface area contributed by atoms with Crippen molar-refractivity contribution in [1.29, 1.82) is 0 Å². The van der Waals surface area contributed by atoms with Gasteiger partial charge in [-0.15, -0.1) is 0 Å². The average molecular weight is 374 g/mol. The lowest BCUT2D eigenvalue weighted by Gasteiger charge is -2.29. The van der Waals surface area contributed by atoms with E-state index in [0.717, 1.165) is 43.3 Å². The summed E-state index contributed by atoms with van der Waals surface area (Å²) in [6, 6.07) is 20.7. The van der Waals surface area contributed by atoms with Gasteiger partial charge in [0.05, 0.1) is 11.3 Å². The van der Waals surface area contributed by atoms with Crippen molar-refractivity contribution in [2.24, 2.45) is 5.73 Å². The average Bonchev–Trinajstić information content (AvgIpc) is 2.75. The van der Waals surface area contributed by atoms with Crippen LogP contribution in [0.4, 0.5) is 5.82 Å². The molecule has 2 heterocycles. The molecule has 28 heavy (non-hydrogen) atoms. The molecule has 0 unspecified atom stereocenters. The largest absolute Gasteiger partial charge is 0.457 e. The lowest BCUT2D eigenvalue weighted by molar-refractivity contribution is 0.100. The summed E-state index contributed by atoms with van der Waals surface area (Å²) in [6.07, 6.45) is 0. The number of hydrogen-bond donors (Lipinski definition) is 2. The molecule has 3 aromatic rings. The van der Waals surface area contributed by atoms with E-state index in [1.807, 2.05) is 60.7 Å². The van der Waals surface area contributed by atoms with Gasteiger partial charge in [-0.3, -0.25) is 4.79 Å². The van der Waals surface area contributed by atoms with Crippen molar-refractivity contribution in [2.75, 3.05) is 31.1 Å². The molecule has 0 aliphatic carbocycles. The van der Waals surface area contributed by atoms with E-state index in [0.29, 0.717) is 17.0 Å². The minimum absolute atomic E-state index is 0.413. The molecular weight excluding hydrogens is 352 g/mol. The standard InChI is InChI=1S/C22H22N4O2/c23-22(27)19-10-11-20(26-14-12-24-13-15-26)25-21(19)16-6-8-18(9-7-16)28-17-4-2-1-3-5-17/h1-11,24H,12-15H2,(H2,23,27). The molecule has 3 N–H and O–H groups in total. The maximum absolute atomic E-state index is 11.9. The molecule has 0 bridgehead atoms. The van der Waals surface area contributed by atoms with Gasteiger partial charge in [-0.05, 0) is 48.5 Å². The topological polar surface area (TPSA) is 80.5 Å². The van der Waals surface area contributed by atoms with Crippen LogP contribution < -0.4 is 20.7 Å². The van der Waals surface area contributed by atoms with Crippen LogP contribution in [0.3, 0.4) is 0 Å². The monoisotopic (exact) mass is 374 g/mol. The minimum atomic E-state index is -0.487. The SMILES string of the molecule is NC(=O)c1ccc(N2CCNCC2)nc1-c1ccc(Oc2ccccc2)cc1. The van der Waals surface area contributed by atoms with Gasteiger partial charge < -0.3 is 20.7 Å². The smallest absolute Gasteiger partial charge is 0.250 e. The van der Waals surface area contributed by atoms with Gasteiger partial charge in [0.25, 0.3) is 5.91 Å². The molecule has 4 rings (SSSR count). The van der Waals surface area contributed by atoms with Gasteiger partial charge in [-0.25, -0.2) is 4.98 Å². The Morgan fingerprint density at radius 2 is 1.61 bits per heavy atom. The number of pyridine rings is 1. The van der Waals surface area contributed by atoms with E-state index in [4.69, 9.17) is 15.5 Å². The van der Waals surface area contributed by atoms with Gasteiger partial charge >= 0.3 is 0 Å². The highest BCUT2D eigenvalue weighted by molar-refractivity contribution is 5.99. The predicted molar refractivity (Wildman–Crippen MR) is 110 cm³/mol. The number of carbonyl (C=O) groups excluding carboxylic acids is 1. The van der Waals surface area contributed by atoms with Crippen molar-refractivity contribution in [1.82, 2.24) is 10.3 Å². The van der Waals surface area contributed by atoms with Crippen LogP contribution in [-0.4, -0.2) is 37.1 Å². The molecule has 1 aromatic heterocycles. The normalized spacial score (nSPS) is 13.9. The highest BCUT2D eigenvalue weighted by Crippen LogP contribution is 2.28. The lowest BCUT2D eigenvalue weighted by atomic mass is 10.0. The van der Waals surface area contributed by atoms with E-state index in [2.05, 4.69) is 10.2 Å². The molecule has 6 nitrogen and oxygen atoms in total. The Bertz CT molecular complexity index is 952. The van der Waals surface area contributed by atoms with Gasteiger partial charge in [0, 0.05) is 31.7 Å². The predicted octanol–water partition coefficient (Wildman–Crippen LogP) is 3.05. The number of hydrogen-bond acceptors (Lipinski definition) is 5. The third-order valence-corrected chi connectivity index (χ3v) is 4.69. The fourth-order valence-corrected chi connectivity index (χ4v) is 3.24. The summed E-state index contributed by atoms with van der Waals surface area (Å²) in [7, 11) is 0. The van der Waals surface area contributed by atoms with Crippen molar-refractivity contribution in [3.63, 3.8) is 0 Å². The Hall–Kier alpha value is -3.38. The second kappa shape index (κ2) is 8.10. The third-order valence-electron chi connectivity index (χ3n) is 4.69.